The topological polar surface area (TPSA) is 429 Å². The number of amides is 3. The van der Waals surface area contributed by atoms with Gasteiger partial charge in [0.2, 0.25) is 17.7 Å². The van der Waals surface area contributed by atoms with Crippen LogP contribution in [0.3, 0.4) is 0 Å². The fourth-order valence-corrected chi connectivity index (χ4v) is 6.71. The number of carbonyl (C=O) groups excluding carboxylic acids is 3. The molecule has 3 aliphatic heterocycles. The van der Waals surface area contributed by atoms with Crippen molar-refractivity contribution in [2.75, 3.05) is 33.0 Å². The number of aliphatic hydroxyl groups is 11. The molecule has 19 atom stereocenters. The van der Waals surface area contributed by atoms with Crippen molar-refractivity contribution in [3.05, 3.63) is 0 Å². The number of carbonyl (C=O) groups is 3. The lowest BCUT2D eigenvalue weighted by Gasteiger charge is -2.47. The van der Waals surface area contributed by atoms with Gasteiger partial charge in [-0.05, 0) is 0 Å². The van der Waals surface area contributed by atoms with Crippen molar-refractivity contribution in [3.63, 3.8) is 0 Å². The summed E-state index contributed by atoms with van der Waals surface area (Å²) in [6.07, 6.45) is -30.2. The zero-order valence-electron chi connectivity index (χ0n) is 31.2. The molecule has 58 heavy (non-hydrogen) atoms. The molecule has 338 valence electrons. The number of nitrogens with one attached hydrogen (secondary N) is 3. The van der Waals surface area contributed by atoms with E-state index in [-0.39, 0.29) is 0 Å². The van der Waals surface area contributed by atoms with Crippen LogP contribution in [0.25, 0.3) is 0 Å². The third-order valence-corrected chi connectivity index (χ3v) is 9.68. The molecule has 15 N–H and O–H groups in total. The van der Waals surface area contributed by atoms with Crippen LogP contribution in [0.4, 0.5) is 0 Å². The normalized spacial score (nSPS) is 37.9. The number of rotatable bonds is 19. The standard InChI is InChI=1S/C30H53N3O24S/c1-9(37)31-12(4-34)26(19(41)13(40)7-51-28-17(32-10(2)38)22(44)21(43)16(55-28)8-52-58(48,49)50)56-30-25(47)24(46)27(15(6-36)54-30)57-29-18(33-11(3)39)23(45)20(42)14(5-35)53-29/h12-30,34-36,40-47H,4-8H2,1-3H3,(H,31,37)(H,32,38)(H,33,39)(H,48,49,50)/t12-,13+,14+,15+,16+,17+,18+,19-,20+,21+,22+,23+,24+,25+,26+,27-,28+,29+,30-/m0/s1. The van der Waals surface area contributed by atoms with E-state index in [0.29, 0.717) is 0 Å². The second kappa shape index (κ2) is 21.9. The van der Waals surface area contributed by atoms with E-state index in [1.165, 1.54) is 0 Å². The van der Waals surface area contributed by atoms with Gasteiger partial charge in [-0.15, -0.1) is 0 Å². The lowest BCUT2D eigenvalue weighted by Crippen LogP contribution is -2.68. The van der Waals surface area contributed by atoms with E-state index in [4.69, 9.17) is 33.0 Å². The second-order valence-corrected chi connectivity index (χ2v) is 14.8. The fraction of sp³-hybridized carbons (Fsp3) is 0.900. The number of ether oxygens (including phenoxy) is 6. The molecule has 0 radical (unpaired) electrons. The van der Waals surface area contributed by atoms with Gasteiger partial charge in [-0.25, -0.2) is 4.18 Å². The monoisotopic (exact) mass is 871 g/mol. The molecule has 0 saturated carbocycles. The molecule has 0 bridgehead atoms. The van der Waals surface area contributed by atoms with E-state index in [1.807, 2.05) is 0 Å². The fourth-order valence-electron chi connectivity index (χ4n) is 6.40. The van der Waals surface area contributed by atoms with E-state index in [0.717, 1.165) is 20.8 Å². The molecule has 0 aromatic heterocycles. The molecule has 3 aliphatic rings. The average molecular weight is 872 g/mol. The average Bonchev–Trinajstić information content (AvgIpc) is 3.14. The van der Waals surface area contributed by atoms with Gasteiger partial charge in [-0.2, -0.15) is 8.42 Å². The molecule has 0 spiro atoms. The highest BCUT2D eigenvalue weighted by Gasteiger charge is 2.53. The SMILES string of the molecule is CC(=O)N[C@H]1[C@H](OC[C@@H](O)[C@H](O)[C@H](O[C@@H]2O[C@H](CO)[C@H](O[C@H]3O[C@H](CO)[C@@H](O)[C@H](O)[C@H]3NC(C)=O)[C@H](O)[C@H]2O)[C@H](CO)NC(C)=O)O[C@H](COS(=O)(=O)O)[C@@H](O)[C@@H]1O. The van der Waals surface area contributed by atoms with Crippen LogP contribution in [0.15, 0.2) is 0 Å². The summed E-state index contributed by atoms with van der Waals surface area (Å²) in [4.78, 5) is 35.7. The van der Waals surface area contributed by atoms with Gasteiger partial charge in [0.25, 0.3) is 0 Å². The van der Waals surface area contributed by atoms with E-state index in [1.54, 1.807) is 0 Å². The Kier molecular flexibility index (Phi) is 18.9. The Morgan fingerprint density at radius 3 is 1.71 bits per heavy atom. The smallest absolute Gasteiger partial charge is 0.394 e. The van der Waals surface area contributed by atoms with Crippen LogP contribution in [0, 0.1) is 0 Å². The minimum atomic E-state index is -5.06. The van der Waals surface area contributed by atoms with Crippen LogP contribution >= 0.6 is 0 Å². The Labute approximate surface area is 330 Å². The molecule has 27 nitrogen and oxygen atoms in total. The van der Waals surface area contributed by atoms with E-state index in [2.05, 4.69) is 20.1 Å². The van der Waals surface area contributed by atoms with Crippen LogP contribution in [0.2, 0.25) is 0 Å². The molecular weight excluding hydrogens is 818 g/mol. The Morgan fingerprint density at radius 2 is 1.21 bits per heavy atom. The molecule has 3 rings (SSSR count). The molecule has 0 aliphatic carbocycles. The summed E-state index contributed by atoms with van der Waals surface area (Å²) < 4.78 is 68.7. The first kappa shape index (κ1) is 50.0. The van der Waals surface area contributed by atoms with Crippen molar-refractivity contribution < 1.29 is 116 Å². The zero-order valence-corrected chi connectivity index (χ0v) is 32.0. The summed E-state index contributed by atoms with van der Waals surface area (Å²) in [5.41, 5.74) is 0. The molecule has 0 unspecified atom stereocenters. The van der Waals surface area contributed by atoms with Crippen LogP contribution < -0.4 is 16.0 Å². The zero-order chi connectivity index (χ0) is 43.8. The molecule has 28 heteroatoms. The van der Waals surface area contributed by atoms with Gasteiger partial charge in [-0.1, -0.05) is 0 Å². The molecule has 0 aromatic rings. The van der Waals surface area contributed by atoms with Gasteiger partial charge in [-0.3, -0.25) is 18.9 Å². The molecule has 3 heterocycles. The summed E-state index contributed by atoms with van der Waals surface area (Å²) in [5.74, 6) is -2.29. The largest absolute Gasteiger partial charge is 0.397 e. The Hall–Kier alpha value is -2.40. The summed E-state index contributed by atoms with van der Waals surface area (Å²) in [6, 6.07) is -4.73. The Balaban J connectivity index is 1.83. The molecular formula is C30H53N3O24S. The van der Waals surface area contributed by atoms with E-state index < -0.39 is 178 Å². The highest BCUT2D eigenvalue weighted by atomic mass is 32.3. The van der Waals surface area contributed by atoms with Gasteiger partial charge in [0.1, 0.15) is 91.4 Å². The van der Waals surface area contributed by atoms with Crippen molar-refractivity contribution in [2.24, 2.45) is 0 Å². The number of hydrogen-bond acceptors (Lipinski definition) is 23. The van der Waals surface area contributed by atoms with Crippen LogP contribution in [-0.2, 0) is 57.4 Å². The summed E-state index contributed by atoms with van der Waals surface area (Å²) >= 11 is 0. The van der Waals surface area contributed by atoms with Crippen LogP contribution in [0.1, 0.15) is 20.8 Å². The maximum absolute atomic E-state index is 12.0. The number of hydrogen-bond donors (Lipinski definition) is 15. The first-order chi connectivity index (χ1) is 27.0. The third kappa shape index (κ3) is 13.1. The van der Waals surface area contributed by atoms with Crippen LogP contribution in [-0.4, -0.2) is 236 Å². The maximum atomic E-state index is 12.0. The second-order valence-electron chi connectivity index (χ2n) is 13.7. The lowest BCUT2D eigenvalue weighted by molar-refractivity contribution is -0.356. The quantitative estimate of drug-likeness (QED) is 0.0536. The highest BCUT2D eigenvalue weighted by Crippen LogP contribution is 2.31. The molecule has 3 fully saturated rings. The summed E-state index contributed by atoms with van der Waals surface area (Å²) in [7, 11) is -5.06. The van der Waals surface area contributed by atoms with Crippen molar-refractivity contribution in [2.45, 2.75) is 137 Å². The van der Waals surface area contributed by atoms with Gasteiger partial charge in [0, 0.05) is 20.8 Å². The minimum Gasteiger partial charge on any atom is -0.394 e. The van der Waals surface area contributed by atoms with Crippen molar-refractivity contribution in [1.82, 2.24) is 16.0 Å². The molecule has 0 aromatic carbocycles. The predicted octanol–water partition coefficient (Wildman–Crippen LogP) is -9.85. The Morgan fingerprint density at radius 1 is 0.690 bits per heavy atom. The van der Waals surface area contributed by atoms with Gasteiger partial charge < -0.3 is 101 Å². The summed E-state index contributed by atoms with van der Waals surface area (Å²) in [5, 5.41) is 123. The Bertz CT molecular complexity index is 1450. The van der Waals surface area contributed by atoms with Crippen molar-refractivity contribution in [1.29, 1.82) is 0 Å². The third-order valence-electron chi connectivity index (χ3n) is 9.25. The first-order valence-electron chi connectivity index (χ1n) is 17.6. The van der Waals surface area contributed by atoms with Gasteiger partial charge in [0.05, 0.1) is 39.1 Å². The van der Waals surface area contributed by atoms with Gasteiger partial charge in [0.15, 0.2) is 18.9 Å². The lowest BCUT2D eigenvalue weighted by atomic mass is 9.95. The van der Waals surface area contributed by atoms with Crippen molar-refractivity contribution in [3.8, 4) is 0 Å². The highest BCUT2D eigenvalue weighted by molar-refractivity contribution is 7.80. The maximum Gasteiger partial charge on any atom is 0.397 e. The summed E-state index contributed by atoms with van der Waals surface area (Å²) in [6.45, 7) is -1.81. The predicted molar refractivity (Wildman–Crippen MR) is 181 cm³/mol. The number of aliphatic hydroxyl groups excluding tert-OH is 11. The van der Waals surface area contributed by atoms with Crippen molar-refractivity contribution >= 4 is 28.1 Å². The van der Waals surface area contributed by atoms with Crippen LogP contribution in [0.5, 0.6) is 0 Å². The van der Waals surface area contributed by atoms with E-state index in [9.17, 15) is 79.0 Å². The first-order valence-corrected chi connectivity index (χ1v) is 19.0. The minimum absolute atomic E-state index is 0.719. The van der Waals surface area contributed by atoms with E-state index >= 15 is 0 Å². The van der Waals surface area contributed by atoms with Gasteiger partial charge >= 0.3 is 10.4 Å². The molecule has 3 amide bonds. The molecule has 3 saturated heterocycles.